The van der Waals surface area contributed by atoms with Crippen LogP contribution in [0.2, 0.25) is 0 Å². The normalized spacial score (nSPS) is 26.6. The Bertz CT molecular complexity index is 965. The zero-order valence-electron chi connectivity index (χ0n) is 17.3. The summed E-state index contributed by atoms with van der Waals surface area (Å²) in [6.07, 6.45) is 7.80. The van der Waals surface area contributed by atoms with Gasteiger partial charge in [-0.2, -0.15) is 0 Å². The largest absolute Gasteiger partial charge is 0.497 e. The van der Waals surface area contributed by atoms with E-state index < -0.39 is 0 Å². The third kappa shape index (κ3) is 3.47. The number of hydrogen-bond acceptors (Lipinski definition) is 4. The van der Waals surface area contributed by atoms with Gasteiger partial charge in [0.05, 0.1) is 30.5 Å². The molecule has 5 heteroatoms. The predicted octanol–water partition coefficient (Wildman–Crippen LogP) is 4.43. The summed E-state index contributed by atoms with van der Waals surface area (Å²) in [5.74, 6) is 1.54. The number of carbonyl (C=O) groups is 1. The maximum atomic E-state index is 13.1. The number of allylic oxidation sites excluding steroid dienone is 2. The topological polar surface area (TPSA) is 59.6 Å². The van der Waals surface area contributed by atoms with Crippen molar-refractivity contribution in [2.24, 2.45) is 5.92 Å². The molecule has 2 aromatic carbocycles. The van der Waals surface area contributed by atoms with E-state index in [-0.39, 0.29) is 18.1 Å². The first-order valence-electron chi connectivity index (χ1n) is 10.8. The highest BCUT2D eigenvalue weighted by Crippen LogP contribution is 2.50. The van der Waals surface area contributed by atoms with Crippen LogP contribution in [0.5, 0.6) is 5.75 Å². The molecule has 1 aliphatic carbocycles. The standard InChI is InChI=1S/C25H28N2O3/c1-29-17-7-2-6-16(14-17)23-20-10-3-9-19(20)21-11-4-12-22(24(21)27-23)25(28)26-15-18-8-5-13-30-18/h2-4,6-7,9,11-12,14,18-20,23,27H,5,8,10,13,15H2,1H3,(H,26,28). The monoisotopic (exact) mass is 404 g/mol. The van der Waals surface area contributed by atoms with Gasteiger partial charge in [0.1, 0.15) is 5.75 Å². The second-order valence-electron chi connectivity index (χ2n) is 8.37. The molecule has 2 N–H and O–H groups in total. The van der Waals surface area contributed by atoms with Crippen LogP contribution in [0.1, 0.15) is 52.7 Å². The van der Waals surface area contributed by atoms with Crippen molar-refractivity contribution >= 4 is 11.6 Å². The van der Waals surface area contributed by atoms with Crippen LogP contribution in [0.15, 0.2) is 54.6 Å². The maximum Gasteiger partial charge on any atom is 0.253 e. The average molecular weight is 405 g/mol. The van der Waals surface area contributed by atoms with Crippen molar-refractivity contribution in [3.63, 3.8) is 0 Å². The molecule has 0 bridgehead atoms. The summed E-state index contributed by atoms with van der Waals surface area (Å²) in [5.41, 5.74) is 4.05. The van der Waals surface area contributed by atoms with Gasteiger partial charge < -0.3 is 20.1 Å². The molecule has 4 unspecified atom stereocenters. The molecule has 0 spiro atoms. The molecule has 0 aromatic heterocycles. The quantitative estimate of drug-likeness (QED) is 0.724. The SMILES string of the molecule is COc1cccc(C2Nc3c(C(=O)NCC4CCCO4)cccc3C3C=CCC32)c1. The minimum Gasteiger partial charge on any atom is -0.497 e. The summed E-state index contributed by atoms with van der Waals surface area (Å²) in [7, 11) is 1.69. The van der Waals surface area contributed by atoms with E-state index in [9.17, 15) is 4.79 Å². The molecule has 1 fully saturated rings. The Labute approximate surface area is 177 Å². The van der Waals surface area contributed by atoms with Gasteiger partial charge in [-0.25, -0.2) is 0 Å². The number of para-hydroxylation sites is 1. The van der Waals surface area contributed by atoms with Crippen molar-refractivity contribution in [1.29, 1.82) is 0 Å². The third-order valence-corrected chi connectivity index (χ3v) is 6.61. The number of nitrogens with one attached hydrogen (secondary N) is 2. The molecule has 2 heterocycles. The van der Waals surface area contributed by atoms with Gasteiger partial charge in [-0.05, 0) is 54.5 Å². The van der Waals surface area contributed by atoms with Gasteiger partial charge in [0.2, 0.25) is 0 Å². The van der Waals surface area contributed by atoms with Crippen LogP contribution in [0, 0.1) is 5.92 Å². The minimum absolute atomic E-state index is 0.0420. The molecule has 5 nitrogen and oxygen atoms in total. The smallest absolute Gasteiger partial charge is 0.253 e. The van der Waals surface area contributed by atoms with Gasteiger partial charge in [0.25, 0.3) is 5.91 Å². The van der Waals surface area contributed by atoms with Crippen LogP contribution < -0.4 is 15.4 Å². The Morgan fingerprint density at radius 3 is 3.00 bits per heavy atom. The molecular formula is C25H28N2O3. The van der Waals surface area contributed by atoms with Crippen molar-refractivity contribution in [3.8, 4) is 5.75 Å². The molecule has 0 saturated carbocycles. The third-order valence-electron chi connectivity index (χ3n) is 6.61. The molecule has 1 amide bonds. The summed E-state index contributed by atoms with van der Waals surface area (Å²) in [6, 6.07) is 14.4. The van der Waals surface area contributed by atoms with Gasteiger partial charge in [0.15, 0.2) is 0 Å². The van der Waals surface area contributed by atoms with Crippen molar-refractivity contribution < 1.29 is 14.3 Å². The van der Waals surface area contributed by atoms with Crippen LogP contribution in [0.25, 0.3) is 0 Å². The van der Waals surface area contributed by atoms with Crippen LogP contribution >= 0.6 is 0 Å². The van der Waals surface area contributed by atoms with E-state index in [2.05, 4.69) is 41.0 Å². The summed E-state index contributed by atoms with van der Waals surface area (Å²) in [5, 5.41) is 6.81. The lowest BCUT2D eigenvalue weighted by molar-refractivity contribution is 0.0858. The summed E-state index contributed by atoms with van der Waals surface area (Å²) in [6.45, 7) is 1.36. The molecule has 4 atom stereocenters. The Hall–Kier alpha value is -2.79. The first kappa shape index (κ1) is 19.2. The summed E-state index contributed by atoms with van der Waals surface area (Å²) in [4.78, 5) is 13.1. The van der Waals surface area contributed by atoms with E-state index in [1.54, 1.807) is 7.11 Å². The number of ether oxygens (including phenoxy) is 2. The highest BCUT2D eigenvalue weighted by Gasteiger charge is 2.39. The lowest BCUT2D eigenvalue weighted by atomic mass is 9.76. The van der Waals surface area contributed by atoms with Gasteiger partial charge in [-0.1, -0.05) is 36.4 Å². The van der Waals surface area contributed by atoms with E-state index in [1.165, 1.54) is 11.1 Å². The molecule has 1 saturated heterocycles. The molecule has 2 aromatic rings. The minimum atomic E-state index is -0.0420. The molecular weight excluding hydrogens is 376 g/mol. The van der Waals surface area contributed by atoms with E-state index >= 15 is 0 Å². The van der Waals surface area contributed by atoms with Crippen LogP contribution in [-0.4, -0.2) is 32.3 Å². The maximum absolute atomic E-state index is 13.1. The number of methoxy groups -OCH3 is 1. The van der Waals surface area contributed by atoms with Crippen molar-refractivity contribution in [3.05, 3.63) is 71.3 Å². The van der Waals surface area contributed by atoms with Crippen LogP contribution in [-0.2, 0) is 4.74 Å². The number of benzene rings is 2. The second-order valence-corrected chi connectivity index (χ2v) is 8.37. The Kier molecular flexibility index (Phi) is 5.21. The van der Waals surface area contributed by atoms with E-state index in [4.69, 9.17) is 9.47 Å². The summed E-state index contributed by atoms with van der Waals surface area (Å²) >= 11 is 0. The number of fused-ring (bicyclic) bond motifs is 3. The first-order chi connectivity index (χ1) is 14.7. The number of hydrogen-bond donors (Lipinski definition) is 2. The highest BCUT2D eigenvalue weighted by atomic mass is 16.5. The van der Waals surface area contributed by atoms with Crippen LogP contribution in [0.3, 0.4) is 0 Å². The van der Waals surface area contributed by atoms with Crippen molar-refractivity contribution in [2.45, 2.75) is 37.3 Å². The van der Waals surface area contributed by atoms with E-state index in [0.29, 0.717) is 23.9 Å². The van der Waals surface area contributed by atoms with Crippen molar-refractivity contribution in [1.82, 2.24) is 5.32 Å². The van der Waals surface area contributed by atoms with Crippen molar-refractivity contribution in [2.75, 3.05) is 25.6 Å². The highest BCUT2D eigenvalue weighted by molar-refractivity contribution is 6.00. The zero-order valence-corrected chi connectivity index (χ0v) is 17.3. The lowest BCUT2D eigenvalue weighted by Crippen LogP contribution is -2.34. The number of carbonyl (C=O) groups excluding carboxylic acids is 1. The molecule has 2 aliphatic heterocycles. The van der Waals surface area contributed by atoms with Gasteiger partial charge in [-0.15, -0.1) is 0 Å². The number of rotatable bonds is 5. The van der Waals surface area contributed by atoms with Gasteiger partial charge in [0, 0.05) is 19.1 Å². The van der Waals surface area contributed by atoms with E-state index in [0.717, 1.165) is 37.3 Å². The number of anilines is 1. The average Bonchev–Trinajstić information content (AvgIpc) is 3.48. The number of amides is 1. The van der Waals surface area contributed by atoms with Gasteiger partial charge >= 0.3 is 0 Å². The fourth-order valence-electron chi connectivity index (χ4n) is 5.08. The summed E-state index contributed by atoms with van der Waals surface area (Å²) < 4.78 is 11.1. The van der Waals surface area contributed by atoms with Crippen LogP contribution in [0.4, 0.5) is 5.69 Å². The predicted molar refractivity (Wildman–Crippen MR) is 117 cm³/mol. The molecule has 156 valence electrons. The molecule has 30 heavy (non-hydrogen) atoms. The second kappa shape index (κ2) is 8.15. The molecule has 5 rings (SSSR count). The Morgan fingerprint density at radius 2 is 2.17 bits per heavy atom. The van der Waals surface area contributed by atoms with Gasteiger partial charge in [-0.3, -0.25) is 4.79 Å². The fraction of sp³-hybridized carbons (Fsp3) is 0.400. The fourth-order valence-corrected chi connectivity index (χ4v) is 5.08. The lowest BCUT2D eigenvalue weighted by Gasteiger charge is -2.38. The Morgan fingerprint density at radius 1 is 1.27 bits per heavy atom. The molecule has 0 radical (unpaired) electrons. The first-order valence-corrected chi connectivity index (χ1v) is 10.8. The van der Waals surface area contributed by atoms with E-state index in [1.807, 2.05) is 24.3 Å². The Balaban J connectivity index is 1.46. The molecule has 3 aliphatic rings. The zero-order chi connectivity index (χ0) is 20.5.